The third kappa shape index (κ3) is 4.84. The summed E-state index contributed by atoms with van der Waals surface area (Å²) < 4.78 is 10.6. The molecule has 1 N–H and O–H groups in total. The zero-order chi connectivity index (χ0) is 17.5. The molecule has 1 unspecified atom stereocenters. The average Bonchev–Trinajstić information content (AvgIpc) is 2.57. The molecule has 0 aliphatic heterocycles. The number of benzene rings is 2. The molecule has 2 rings (SSSR count). The van der Waals surface area contributed by atoms with Crippen molar-refractivity contribution in [2.45, 2.75) is 26.9 Å². The predicted octanol–water partition coefficient (Wildman–Crippen LogP) is 3.58. The topological polar surface area (TPSA) is 64.6 Å². The van der Waals surface area contributed by atoms with Crippen molar-refractivity contribution in [2.24, 2.45) is 0 Å². The number of carbonyl (C=O) groups is 2. The van der Waals surface area contributed by atoms with Gasteiger partial charge in [0.05, 0.1) is 12.2 Å². The van der Waals surface area contributed by atoms with Gasteiger partial charge in [-0.15, -0.1) is 0 Å². The Bertz CT molecular complexity index is 710. The number of anilines is 1. The van der Waals surface area contributed by atoms with Gasteiger partial charge in [0, 0.05) is 5.69 Å². The van der Waals surface area contributed by atoms with Crippen LogP contribution in [0.3, 0.4) is 0 Å². The van der Waals surface area contributed by atoms with E-state index in [0.29, 0.717) is 23.6 Å². The molecule has 2 aromatic carbocycles. The van der Waals surface area contributed by atoms with E-state index in [1.807, 2.05) is 31.2 Å². The Morgan fingerprint density at radius 1 is 1.12 bits per heavy atom. The van der Waals surface area contributed by atoms with Crippen LogP contribution in [0.1, 0.15) is 29.8 Å². The second kappa shape index (κ2) is 8.15. The van der Waals surface area contributed by atoms with Crippen LogP contribution >= 0.6 is 0 Å². The molecule has 0 saturated carbocycles. The van der Waals surface area contributed by atoms with Crippen molar-refractivity contribution in [3.63, 3.8) is 0 Å². The molecule has 0 heterocycles. The molecule has 0 radical (unpaired) electrons. The van der Waals surface area contributed by atoms with Crippen molar-refractivity contribution < 1.29 is 19.1 Å². The summed E-state index contributed by atoms with van der Waals surface area (Å²) in [5.41, 5.74) is 2.22. The lowest BCUT2D eigenvalue weighted by atomic mass is 10.2. The fourth-order valence-electron chi connectivity index (χ4n) is 2.05. The van der Waals surface area contributed by atoms with Crippen molar-refractivity contribution in [3.05, 3.63) is 59.7 Å². The molecule has 0 aromatic heterocycles. The van der Waals surface area contributed by atoms with Crippen LogP contribution in [0, 0.1) is 6.92 Å². The summed E-state index contributed by atoms with van der Waals surface area (Å²) >= 11 is 0. The highest BCUT2D eigenvalue weighted by molar-refractivity contribution is 5.94. The minimum absolute atomic E-state index is 0.264. The standard InChI is InChI=1S/C19H21NO4/c1-4-23-19(22)15-6-5-7-17(12-15)24-14(3)18(21)20-16-10-8-13(2)9-11-16/h5-12,14H,4H2,1-3H3,(H,20,21). The molecular formula is C19H21NO4. The molecule has 126 valence electrons. The number of rotatable bonds is 6. The summed E-state index contributed by atoms with van der Waals surface area (Å²) in [7, 11) is 0. The van der Waals surface area contributed by atoms with E-state index in [4.69, 9.17) is 9.47 Å². The normalized spacial score (nSPS) is 11.5. The molecule has 0 spiro atoms. The van der Waals surface area contributed by atoms with Crippen LogP contribution in [0.25, 0.3) is 0 Å². The lowest BCUT2D eigenvalue weighted by Gasteiger charge is -2.15. The fraction of sp³-hybridized carbons (Fsp3) is 0.263. The number of hydrogen-bond acceptors (Lipinski definition) is 4. The number of hydrogen-bond donors (Lipinski definition) is 1. The SMILES string of the molecule is CCOC(=O)c1cccc(OC(C)C(=O)Nc2ccc(C)cc2)c1. The molecule has 1 atom stereocenters. The highest BCUT2D eigenvalue weighted by atomic mass is 16.5. The fourth-order valence-corrected chi connectivity index (χ4v) is 2.05. The Balaban J connectivity index is 1.99. The van der Waals surface area contributed by atoms with Gasteiger partial charge in [-0.3, -0.25) is 4.79 Å². The predicted molar refractivity (Wildman–Crippen MR) is 92.3 cm³/mol. The van der Waals surface area contributed by atoms with Crippen LogP contribution in [0.15, 0.2) is 48.5 Å². The highest BCUT2D eigenvalue weighted by Gasteiger charge is 2.16. The lowest BCUT2D eigenvalue weighted by molar-refractivity contribution is -0.122. The van der Waals surface area contributed by atoms with Crippen LogP contribution in [-0.2, 0) is 9.53 Å². The quantitative estimate of drug-likeness (QED) is 0.824. The van der Waals surface area contributed by atoms with Gasteiger partial charge in [0.1, 0.15) is 5.75 Å². The molecule has 0 aliphatic carbocycles. The first-order valence-electron chi connectivity index (χ1n) is 7.81. The summed E-state index contributed by atoms with van der Waals surface area (Å²) in [6, 6.07) is 14.1. The van der Waals surface area contributed by atoms with Crippen LogP contribution in [0.2, 0.25) is 0 Å². The zero-order valence-corrected chi connectivity index (χ0v) is 14.0. The van der Waals surface area contributed by atoms with Gasteiger partial charge >= 0.3 is 5.97 Å². The molecule has 0 saturated heterocycles. The molecule has 0 bridgehead atoms. The van der Waals surface area contributed by atoms with Crippen LogP contribution < -0.4 is 10.1 Å². The number of aryl methyl sites for hydroxylation is 1. The molecule has 5 nitrogen and oxygen atoms in total. The summed E-state index contributed by atoms with van der Waals surface area (Å²) in [6.45, 7) is 5.68. The first kappa shape index (κ1) is 17.5. The molecular weight excluding hydrogens is 306 g/mol. The third-order valence-corrected chi connectivity index (χ3v) is 3.35. The summed E-state index contributed by atoms with van der Waals surface area (Å²) in [4.78, 5) is 23.9. The zero-order valence-electron chi connectivity index (χ0n) is 14.0. The third-order valence-electron chi connectivity index (χ3n) is 3.35. The summed E-state index contributed by atoms with van der Waals surface area (Å²) in [6.07, 6.45) is -0.705. The Morgan fingerprint density at radius 3 is 2.50 bits per heavy atom. The largest absolute Gasteiger partial charge is 0.481 e. The first-order chi connectivity index (χ1) is 11.5. The number of amides is 1. The highest BCUT2D eigenvalue weighted by Crippen LogP contribution is 2.17. The number of esters is 1. The summed E-state index contributed by atoms with van der Waals surface area (Å²) in [5.74, 6) is -0.243. The Hall–Kier alpha value is -2.82. The van der Waals surface area contributed by atoms with Crippen molar-refractivity contribution in [1.82, 2.24) is 0 Å². The van der Waals surface area contributed by atoms with E-state index >= 15 is 0 Å². The summed E-state index contributed by atoms with van der Waals surface area (Å²) in [5, 5.41) is 2.79. The van der Waals surface area contributed by atoms with Crippen LogP contribution in [0.4, 0.5) is 5.69 Å². The molecule has 1 amide bonds. The van der Waals surface area contributed by atoms with E-state index in [9.17, 15) is 9.59 Å². The number of ether oxygens (including phenoxy) is 2. The Morgan fingerprint density at radius 2 is 1.83 bits per heavy atom. The Kier molecular flexibility index (Phi) is 5.95. The van der Waals surface area contributed by atoms with E-state index in [1.54, 1.807) is 38.1 Å². The van der Waals surface area contributed by atoms with Crippen molar-refractivity contribution in [1.29, 1.82) is 0 Å². The molecule has 24 heavy (non-hydrogen) atoms. The van der Waals surface area contributed by atoms with Crippen LogP contribution in [-0.4, -0.2) is 24.6 Å². The molecule has 5 heteroatoms. The minimum Gasteiger partial charge on any atom is -0.481 e. The van der Waals surface area contributed by atoms with Gasteiger partial charge in [0.2, 0.25) is 0 Å². The van der Waals surface area contributed by atoms with Crippen molar-refractivity contribution in [3.8, 4) is 5.75 Å². The van der Waals surface area contributed by atoms with Gasteiger partial charge in [-0.25, -0.2) is 4.79 Å². The number of nitrogens with one attached hydrogen (secondary N) is 1. The van der Waals surface area contributed by atoms with E-state index in [-0.39, 0.29) is 5.91 Å². The van der Waals surface area contributed by atoms with Crippen molar-refractivity contribution >= 4 is 17.6 Å². The maximum absolute atomic E-state index is 12.2. The monoisotopic (exact) mass is 327 g/mol. The van der Waals surface area contributed by atoms with E-state index in [2.05, 4.69) is 5.32 Å². The van der Waals surface area contributed by atoms with Gasteiger partial charge in [-0.1, -0.05) is 23.8 Å². The first-order valence-corrected chi connectivity index (χ1v) is 7.81. The van der Waals surface area contributed by atoms with E-state index < -0.39 is 12.1 Å². The van der Waals surface area contributed by atoms with Gasteiger partial charge < -0.3 is 14.8 Å². The Labute approximate surface area is 141 Å². The van der Waals surface area contributed by atoms with Gasteiger partial charge in [0.25, 0.3) is 5.91 Å². The van der Waals surface area contributed by atoms with Gasteiger partial charge in [-0.2, -0.15) is 0 Å². The lowest BCUT2D eigenvalue weighted by Crippen LogP contribution is -2.30. The van der Waals surface area contributed by atoms with Crippen molar-refractivity contribution in [2.75, 3.05) is 11.9 Å². The maximum Gasteiger partial charge on any atom is 0.338 e. The second-order valence-electron chi connectivity index (χ2n) is 5.36. The van der Waals surface area contributed by atoms with E-state index in [1.165, 1.54) is 0 Å². The molecule has 0 fully saturated rings. The smallest absolute Gasteiger partial charge is 0.338 e. The second-order valence-corrected chi connectivity index (χ2v) is 5.36. The van der Waals surface area contributed by atoms with Gasteiger partial charge in [0.15, 0.2) is 6.10 Å². The molecule has 0 aliphatic rings. The van der Waals surface area contributed by atoms with Crippen LogP contribution in [0.5, 0.6) is 5.75 Å². The average molecular weight is 327 g/mol. The van der Waals surface area contributed by atoms with Gasteiger partial charge in [-0.05, 0) is 51.1 Å². The maximum atomic E-state index is 12.2. The van der Waals surface area contributed by atoms with E-state index in [0.717, 1.165) is 5.56 Å². The molecule has 2 aromatic rings. The number of carbonyl (C=O) groups excluding carboxylic acids is 2. The minimum atomic E-state index is -0.705.